The summed E-state index contributed by atoms with van der Waals surface area (Å²) in [4.78, 5) is 21.7. The largest absolute Gasteiger partial charge is 0.459 e. The molecule has 3 aromatic rings. The Morgan fingerprint density at radius 3 is 2.77 bits per heavy atom. The lowest BCUT2D eigenvalue weighted by Crippen LogP contribution is -2.37. The lowest BCUT2D eigenvalue weighted by Gasteiger charge is -2.37. The molecule has 3 aromatic heterocycles. The predicted molar refractivity (Wildman–Crippen MR) is 124 cm³/mol. The van der Waals surface area contributed by atoms with Crippen molar-refractivity contribution >= 4 is 22.2 Å². The van der Waals surface area contributed by atoms with Gasteiger partial charge in [-0.25, -0.2) is 0 Å². The lowest BCUT2D eigenvalue weighted by atomic mass is 9.88. The zero-order chi connectivity index (χ0) is 21.2. The number of piperidine rings is 1. The van der Waals surface area contributed by atoms with E-state index in [1.807, 2.05) is 12.3 Å². The van der Waals surface area contributed by atoms with Gasteiger partial charge in [0, 0.05) is 16.6 Å². The second-order valence-corrected chi connectivity index (χ2v) is 9.87. The highest BCUT2D eigenvalue weighted by atomic mass is 32.1. The number of carbonyl (C=O) groups excluding carboxylic acids is 1. The van der Waals surface area contributed by atoms with Crippen LogP contribution in [0, 0.1) is 5.92 Å². The summed E-state index contributed by atoms with van der Waals surface area (Å²) >= 11 is 1.75. The molecule has 1 aliphatic carbocycles. The van der Waals surface area contributed by atoms with Gasteiger partial charge in [0.1, 0.15) is 5.00 Å². The maximum Gasteiger partial charge on any atom is 0.291 e. The van der Waals surface area contributed by atoms with Crippen LogP contribution in [0.5, 0.6) is 0 Å². The molecule has 162 valence electrons. The number of amides is 1. The quantitative estimate of drug-likeness (QED) is 0.559. The van der Waals surface area contributed by atoms with Crippen molar-refractivity contribution in [2.45, 2.75) is 51.5 Å². The molecule has 0 aromatic carbocycles. The number of likely N-dealkylation sites (tertiary alicyclic amines) is 1. The molecule has 0 saturated carbocycles. The number of rotatable bonds is 5. The average Bonchev–Trinajstić information content (AvgIpc) is 3.45. The minimum atomic E-state index is -0.183. The molecule has 0 bridgehead atoms. The summed E-state index contributed by atoms with van der Waals surface area (Å²) in [5.41, 5.74) is 3.75. The van der Waals surface area contributed by atoms with Crippen LogP contribution in [0.3, 0.4) is 0 Å². The Hall–Kier alpha value is -2.44. The first-order valence-corrected chi connectivity index (χ1v) is 12.2. The third-order valence-corrected chi connectivity index (χ3v) is 7.83. The van der Waals surface area contributed by atoms with Crippen LogP contribution in [0.2, 0.25) is 0 Å². The van der Waals surface area contributed by atoms with Crippen LogP contribution in [0.1, 0.15) is 70.9 Å². The molecule has 4 heterocycles. The van der Waals surface area contributed by atoms with Gasteiger partial charge in [-0.1, -0.05) is 13.0 Å². The molecule has 1 amide bonds. The maximum absolute atomic E-state index is 12.9. The monoisotopic (exact) mass is 435 g/mol. The Labute approximate surface area is 187 Å². The van der Waals surface area contributed by atoms with Crippen LogP contribution in [0.4, 0.5) is 5.00 Å². The summed E-state index contributed by atoms with van der Waals surface area (Å²) in [6, 6.07) is 9.71. The molecule has 1 N–H and O–H groups in total. The van der Waals surface area contributed by atoms with Crippen LogP contribution in [-0.2, 0) is 12.8 Å². The summed E-state index contributed by atoms with van der Waals surface area (Å²) in [7, 11) is 0. The fraction of sp³-hybridized carbons (Fsp3) is 0.440. The predicted octanol–water partition coefficient (Wildman–Crippen LogP) is 5.69. The maximum atomic E-state index is 12.9. The summed E-state index contributed by atoms with van der Waals surface area (Å²) in [5.74, 6) is 0.922. The van der Waals surface area contributed by atoms with E-state index in [0.717, 1.165) is 42.5 Å². The van der Waals surface area contributed by atoms with Crippen molar-refractivity contribution in [1.29, 1.82) is 0 Å². The summed E-state index contributed by atoms with van der Waals surface area (Å²) in [6.45, 7) is 4.45. The number of aryl methyl sites for hydroxylation is 1. The molecule has 1 atom stereocenters. The van der Waals surface area contributed by atoms with Gasteiger partial charge in [-0.15, -0.1) is 11.3 Å². The Morgan fingerprint density at radius 1 is 1.19 bits per heavy atom. The summed E-state index contributed by atoms with van der Waals surface area (Å²) in [5, 5.41) is 4.16. The van der Waals surface area contributed by atoms with Crippen LogP contribution in [0.15, 0.2) is 47.2 Å². The molecule has 0 spiro atoms. The number of fused-ring (bicyclic) bond motifs is 1. The fourth-order valence-corrected chi connectivity index (χ4v) is 6.20. The molecule has 1 unspecified atom stereocenters. The minimum Gasteiger partial charge on any atom is -0.459 e. The van der Waals surface area contributed by atoms with E-state index >= 15 is 0 Å². The Morgan fingerprint density at radius 2 is 2.03 bits per heavy atom. The number of pyridine rings is 1. The van der Waals surface area contributed by atoms with Crippen LogP contribution in [0.25, 0.3) is 0 Å². The Kier molecular flexibility index (Phi) is 5.92. The topological polar surface area (TPSA) is 58.4 Å². The van der Waals surface area contributed by atoms with E-state index in [1.165, 1.54) is 41.7 Å². The van der Waals surface area contributed by atoms with Crippen LogP contribution in [-0.4, -0.2) is 28.9 Å². The minimum absolute atomic E-state index is 0.0682. The normalized spacial score (nSPS) is 18.5. The standard InChI is InChI=1S/C25H29N3O2S/c1-17-11-14-28(15-12-17)23(19-8-4-5-13-26-19)22-18-7-2-3-10-21(18)31-25(22)27-24(29)20-9-6-16-30-20/h4-6,8-9,13,16-17,23H,2-3,7,10-12,14-15H2,1H3,(H,27,29). The number of anilines is 1. The van der Waals surface area contributed by atoms with E-state index < -0.39 is 0 Å². The number of furan rings is 1. The van der Waals surface area contributed by atoms with Crippen molar-refractivity contribution in [3.05, 3.63) is 70.3 Å². The van der Waals surface area contributed by atoms with Gasteiger partial charge in [0.25, 0.3) is 5.91 Å². The van der Waals surface area contributed by atoms with E-state index in [9.17, 15) is 4.79 Å². The summed E-state index contributed by atoms with van der Waals surface area (Å²) in [6.07, 6.45) is 10.4. The highest BCUT2D eigenvalue weighted by molar-refractivity contribution is 7.16. The van der Waals surface area contributed by atoms with Gasteiger partial charge < -0.3 is 9.73 Å². The van der Waals surface area contributed by atoms with Crippen molar-refractivity contribution in [2.75, 3.05) is 18.4 Å². The average molecular weight is 436 g/mol. The lowest BCUT2D eigenvalue weighted by molar-refractivity contribution is 0.0996. The van der Waals surface area contributed by atoms with E-state index in [4.69, 9.17) is 9.40 Å². The molecule has 1 aliphatic heterocycles. The molecule has 0 radical (unpaired) electrons. The van der Waals surface area contributed by atoms with Crippen molar-refractivity contribution in [2.24, 2.45) is 5.92 Å². The molecule has 5 nitrogen and oxygen atoms in total. The van der Waals surface area contributed by atoms with Gasteiger partial charge in [0.05, 0.1) is 18.0 Å². The Balaban J connectivity index is 1.59. The van der Waals surface area contributed by atoms with Gasteiger partial charge in [0.2, 0.25) is 0 Å². The second kappa shape index (κ2) is 8.97. The third-order valence-electron chi connectivity index (χ3n) is 6.61. The number of nitrogens with one attached hydrogen (secondary N) is 1. The number of hydrogen-bond donors (Lipinski definition) is 1. The van der Waals surface area contributed by atoms with Gasteiger partial charge in [-0.05, 0) is 87.4 Å². The SMILES string of the molecule is CC1CCN(C(c2ccccn2)c2c(NC(=O)c3ccco3)sc3c2CCCC3)CC1. The van der Waals surface area contributed by atoms with Crippen molar-refractivity contribution in [3.8, 4) is 0 Å². The van der Waals surface area contributed by atoms with E-state index in [-0.39, 0.29) is 11.9 Å². The molecule has 2 aliphatic rings. The number of aromatic nitrogens is 1. The van der Waals surface area contributed by atoms with Gasteiger partial charge in [-0.3, -0.25) is 14.7 Å². The van der Waals surface area contributed by atoms with Crippen molar-refractivity contribution in [1.82, 2.24) is 9.88 Å². The first kappa shape index (κ1) is 20.5. The third kappa shape index (κ3) is 4.19. The molecular weight excluding hydrogens is 406 g/mol. The summed E-state index contributed by atoms with van der Waals surface area (Å²) < 4.78 is 5.35. The van der Waals surface area contributed by atoms with Crippen molar-refractivity contribution in [3.63, 3.8) is 0 Å². The molecule has 6 heteroatoms. The van der Waals surface area contributed by atoms with Crippen LogP contribution < -0.4 is 5.32 Å². The fourth-order valence-electron chi connectivity index (χ4n) is 4.89. The van der Waals surface area contributed by atoms with Crippen LogP contribution >= 0.6 is 11.3 Å². The smallest absolute Gasteiger partial charge is 0.291 e. The number of hydrogen-bond acceptors (Lipinski definition) is 5. The number of thiophene rings is 1. The van der Waals surface area contributed by atoms with Gasteiger partial charge in [0.15, 0.2) is 5.76 Å². The highest BCUT2D eigenvalue weighted by Gasteiger charge is 2.34. The zero-order valence-electron chi connectivity index (χ0n) is 18.0. The first-order valence-electron chi connectivity index (χ1n) is 11.3. The van der Waals surface area contributed by atoms with E-state index in [2.05, 4.69) is 29.3 Å². The molecular formula is C25H29N3O2S. The van der Waals surface area contributed by atoms with Gasteiger partial charge >= 0.3 is 0 Å². The first-order chi connectivity index (χ1) is 15.2. The zero-order valence-corrected chi connectivity index (χ0v) is 18.8. The second-order valence-electron chi connectivity index (χ2n) is 8.76. The molecule has 5 rings (SSSR count). The highest BCUT2D eigenvalue weighted by Crippen LogP contribution is 2.45. The Bertz CT molecular complexity index is 1020. The number of nitrogens with zero attached hydrogens (tertiary/aromatic N) is 2. The van der Waals surface area contributed by atoms with E-state index in [0.29, 0.717) is 5.76 Å². The molecule has 1 saturated heterocycles. The van der Waals surface area contributed by atoms with Crippen molar-refractivity contribution < 1.29 is 9.21 Å². The van der Waals surface area contributed by atoms with E-state index in [1.54, 1.807) is 29.7 Å². The number of carbonyl (C=O) groups is 1. The van der Waals surface area contributed by atoms with Gasteiger partial charge in [-0.2, -0.15) is 0 Å². The molecule has 1 fully saturated rings. The molecule has 31 heavy (non-hydrogen) atoms.